The van der Waals surface area contributed by atoms with Crippen LogP contribution < -0.4 is 19.9 Å². The molecule has 0 aliphatic carbocycles. The van der Waals surface area contributed by atoms with Gasteiger partial charge in [-0.05, 0) is 24.4 Å². The zero-order chi connectivity index (χ0) is 17.9. The van der Waals surface area contributed by atoms with Crippen molar-refractivity contribution in [1.82, 2.24) is 4.90 Å². The van der Waals surface area contributed by atoms with Crippen LogP contribution in [0.15, 0.2) is 24.3 Å². The quantitative estimate of drug-likeness (QED) is 0.507. The van der Waals surface area contributed by atoms with E-state index in [9.17, 15) is 0 Å². The van der Waals surface area contributed by atoms with E-state index >= 15 is 0 Å². The third-order valence-corrected chi connectivity index (χ3v) is 4.18. The molecule has 3 N–H and O–H groups in total. The number of anilines is 1. The summed E-state index contributed by atoms with van der Waals surface area (Å²) < 4.78 is 5.28. The lowest BCUT2D eigenvalue weighted by atomic mass is 10.3. The Morgan fingerprint density at radius 3 is 2.17 bits per heavy atom. The van der Waals surface area contributed by atoms with Gasteiger partial charge in [-0.3, -0.25) is 0 Å². The standard InChI is InChI=1S/C18H32N4OS/c1-20(2)11-7-13-22(14-8-12-21(3)4)18(24)19-16-9-6-10-17(15-16)23-5/h6,9-10,15H,7-8,11-14H2,1-5H3,(H,19,24)/p+2. The Labute approximate surface area is 152 Å². The zero-order valence-electron chi connectivity index (χ0n) is 15.8. The molecule has 6 heteroatoms. The van der Waals surface area contributed by atoms with E-state index in [-0.39, 0.29) is 0 Å². The van der Waals surface area contributed by atoms with Gasteiger partial charge in [-0.25, -0.2) is 0 Å². The van der Waals surface area contributed by atoms with Crippen LogP contribution in [-0.4, -0.2) is 71.5 Å². The number of methoxy groups -OCH3 is 1. The number of nitrogens with zero attached hydrogens (tertiary/aromatic N) is 1. The summed E-state index contributed by atoms with van der Waals surface area (Å²) in [5, 5.41) is 4.15. The molecule has 1 aromatic carbocycles. The van der Waals surface area contributed by atoms with E-state index in [2.05, 4.69) is 38.4 Å². The monoisotopic (exact) mass is 354 g/mol. The summed E-state index contributed by atoms with van der Waals surface area (Å²) in [7, 11) is 10.4. The van der Waals surface area contributed by atoms with Gasteiger partial charge in [-0.2, -0.15) is 0 Å². The molecule has 0 aliphatic rings. The Hall–Kier alpha value is -1.37. The van der Waals surface area contributed by atoms with Gasteiger partial charge in [-0.1, -0.05) is 6.07 Å². The first kappa shape index (κ1) is 20.7. The van der Waals surface area contributed by atoms with Gasteiger partial charge in [0.15, 0.2) is 5.11 Å². The van der Waals surface area contributed by atoms with Crippen LogP contribution in [0.5, 0.6) is 5.75 Å². The number of quaternary nitrogens is 2. The van der Waals surface area contributed by atoms with Crippen molar-refractivity contribution < 1.29 is 14.5 Å². The van der Waals surface area contributed by atoms with E-state index in [1.54, 1.807) is 7.11 Å². The molecular weight excluding hydrogens is 320 g/mol. The van der Waals surface area contributed by atoms with Gasteiger partial charge < -0.3 is 24.8 Å². The summed E-state index contributed by atoms with van der Waals surface area (Å²) in [4.78, 5) is 5.24. The lowest BCUT2D eigenvalue weighted by molar-refractivity contribution is -0.858. The number of nitrogens with one attached hydrogen (secondary N) is 3. The van der Waals surface area contributed by atoms with Crippen molar-refractivity contribution in [3.8, 4) is 5.75 Å². The maximum atomic E-state index is 5.66. The van der Waals surface area contributed by atoms with E-state index in [1.165, 1.54) is 9.80 Å². The Bertz CT molecular complexity index is 480. The van der Waals surface area contributed by atoms with E-state index < -0.39 is 0 Å². The van der Waals surface area contributed by atoms with Gasteiger partial charge in [0.05, 0.1) is 48.4 Å². The zero-order valence-corrected chi connectivity index (χ0v) is 16.6. The molecule has 0 aromatic heterocycles. The average molecular weight is 355 g/mol. The fourth-order valence-electron chi connectivity index (χ4n) is 2.47. The molecule has 0 atom stereocenters. The molecule has 5 nitrogen and oxygen atoms in total. The number of hydrogen-bond donors (Lipinski definition) is 3. The van der Waals surface area contributed by atoms with Crippen LogP contribution >= 0.6 is 12.2 Å². The van der Waals surface area contributed by atoms with Crippen molar-refractivity contribution in [3.63, 3.8) is 0 Å². The molecule has 0 amide bonds. The number of hydrogen-bond acceptors (Lipinski definition) is 2. The summed E-state index contributed by atoms with van der Waals surface area (Å²) >= 11 is 5.66. The highest BCUT2D eigenvalue weighted by Crippen LogP contribution is 2.17. The lowest BCUT2D eigenvalue weighted by Gasteiger charge is -2.26. The summed E-state index contributed by atoms with van der Waals surface area (Å²) in [6.45, 7) is 4.28. The van der Waals surface area contributed by atoms with Gasteiger partial charge in [0.2, 0.25) is 0 Å². The van der Waals surface area contributed by atoms with Crippen molar-refractivity contribution in [3.05, 3.63) is 24.3 Å². The molecule has 0 bridgehead atoms. The first-order valence-corrected chi connectivity index (χ1v) is 9.11. The van der Waals surface area contributed by atoms with Crippen molar-refractivity contribution in [2.24, 2.45) is 0 Å². The summed E-state index contributed by atoms with van der Waals surface area (Å²) in [6, 6.07) is 7.89. The molecule has 0 aliphatic heterocycles. The number of rotatable bonds is 10. The van der Waals surface area contributed by atoms with Crippen LogP contribution in [0.4, 0.5) is 5.69 Å². The third-order valence-electron chi connectivity index (χ3n) is 3.82. The maximum Gasteiger partial charge on any atom is 0.173 e. The molecule has 0 fully saturated rings. The van der Waals surface area contributed by atoms with Crippen molar-refractivity contribution in [1.29, 1.82) is 0 Å². The van der Waals surface area contributed by atoms with Gasteiger partial charge in [0.1, 0.15) is 5.75 Å². The minimum atomic E-state index is 0.797. The molecule has 0 saturated carbocycles. The molecule has 0 heterocycles. The highest BCUT2D eigenvalue weighted by atomic mass is 32.1. The first-order valence-electron chi connectivity index (χ1n) is 8.70. The summed E-state index contributed by atoms with van der Waals surface area (Å²) in [6.07, 6.45) is 2.27. The lowest BCUT2D eigenvalue weighted by Crippen LogP contribution is -3.05. The number of ether oxygens (including phenoxy) is 1. The Morgan fingerprint density at radius 2 is 1.67 bits per heavy atom. The minimum absolute atomic E-state index is 0.797. The second kappa shape index (κ2) is 11.2. The van der Waals surface area contributed by atoms with Crippen LogP contribution in [0.3, 0.4) is 0 Å². The average Bonchev–Trinajstić information content (AvgIpc) is 2.53. The first-order chi connectivity index (χ1) is 11.4. The molecule has 0 unspecified atom stereocenters. The molecule has 0 saturated heterocycles. The highest BCUT2D eigenvalue weighted by molar-refractivity contribution is 7.80. The second-order valence-electron chi connectivity index (χ2n) is 6.77. The van der Waals surface area contributed by atoms with E-state index in [4.69, 9.17) is 17.0 Å². The van der Waals surface area contributed by atoms with Crippen molar-refractivity contribution in [2.45, 2.75) is 12.8 Å². The fourth-order valence-corrected chi connectivity index (χ4v) is 2.77. The van der Waals surface area contributed by atoms with Gasteiger partial charge >= 0.3 is 0 Å². The second-order valence-corrected chi connectivity index (χ2v) is 7.16. The molecule has 24 heavy (non-hydrogen) atoms. The van der Waals surface area contributed by atoms with Crippen LogP contribution in [0.2, 0.25) is 0 Å². The Morgan fingerprint density at radius 1 is 1.08 bits per heavy atom. The molecule has 1 aromatic rings. The van der Waals surface area contributed by atoms with E-state index in [1.807, 2.05) is 24.3 Å². The largest absolute Gasteiger partial charge is 0.497 e. The molecule has 136 valence electrons. The minimum Gasteiger partial charge on any atom is -0.497 e. The molecule has 0 spiro atoms. The normalized spacial score (nSPS) is 11.0. The van der Waals surface area contributed by atoms with E-state index in [0.717, 1.165) is 55.6 Å². The number of benzene rings is 1. The Kier molecular flexibility index (Phi) is 9.67. The van der Waals surface area contributed by atoms with Gasteiger partial charge in [0, 0.05) is 37.7 Å². The van der Waals surface area contributed by atoms with Gasteiger partial charge in [0.25, 0.3) is 0 Å². The van der Waals surface area contributed by atoms with Gasteiger partial charge in [-0.15, -0.1) is 0 Å². The number of thiocarbonyl (C=S) groups is 1. The smallest absolute Gasteiger partial charge is 0.173 e. The fraction of sp³-hybridized carbons (Fsp3) is 0.611. The topological polar surface area (TPSA) is 33.4 Å². The summed E-state index contributed by atoms with van der Waals surface area (Å²) in [5.74, 6) is 0.835. The Balaban J connectivity index is 2.62. The molecule has 0 radical (unpaired) electrons. The predicted molar refractivity (Wildman–Crippen MR) is 105 cm³/mol. The van der Waals surface area contributed by atoms with Crippen molar-refractivity contribution in [2.75, 3.05) is 66.8 Å². The maximum absolute atomic E-state index is 5.66. The predicted octanol–water partition coefficient (Wildman–Crippen LogP) is -0.237. The highest BCUT2D eigenvalue weighted by Gasteiger charge is 2.11. The molecular formula is C18H34N4OS+2. The van der Waals surface area contributed by atoms with Crippen LogP contribution in [0, 0.1) is 0 Å². The summed E-state index contributed by atoms with van der Waals surface area (Å²) in [5.41, 5.74) is 0.973. The van der Waals surface area contributed by atoms with Crippen LogP contribution in [0.25, 0.3) is 0 Å². The van der Waals surface area contributed by atoms with Crippen LogP contribution in [-0.2, 0) is 0 Å². The molecule has 1 rings (SSSR count). The van der Waals surface area contributed by atoms with Crippen molar-refractivity contribution >= 4 is 23.0 Å². The van der Waals surface area contributed by atoms with Crippen LogP contribution in [0.1, 0.15) is 12.8 Å². The third kappa shape index (κ3) is 8.47. The van der Waals surface area contributed by atoms with E-state index in [0.29, 0.717) is 0 Å². The SMILES string of the molecule is COc1cccc(NC(=S)N(CCC[NH+](C)C)CCC[NH+](C)C)c1.